The van der Waals surface area contributed by atoms with Crippen LogP contribution in [0.4, 0.5) is 0 Å². The van der Waals surface area contributed by atoms with Crippen LogP contribution in [0.1, 0.15) is 18.4 Å². The molecule has 1 amide bonds. The van der Waals surface area contributed by atoms with Crippen LogP contribution in [0.2, 0.25) is 0 Å². The molecular formula is C15H20N2O3. The Hall–Kier alpha value is -1.88. The summed E-state index contributed by atoms with van der Waals surface area (Å²) in [7, 11) is 1.89. The van der Waals surface area contributed by atoms with Crippen LogP contribution < -0.4 is 5.32 Å². The van der Waals surface area contributed by atoms with Gasteiger partial charge < -0.3 is 10.4 Å². The lowest BCUT2D eigenvalue weighted by atomic mass is 10.1. The molecule has 1 aliphatic heterocycles. The van der Waals surface area contributed by atoms with Gasteiger partial charge in [0.1, 0.15) is 6.04 Å². The molecule has 1 heterocycles. The second-order valence-corrected chi connectivity index (χ2v) is 5.23. The number of carboxylic acid groups (broad SMARTS) is 1. The van der Waals surface area contributed by atoms with Crippen LogP contribution in [0.3, 0.4) is 0 Å². The van der Waals surface area contributed by atoms with Gasteiger partial charge >= 0.3 is 5.97 Å². The zero-order valence-corrected chi connectivity index (χ0v) is 11.6. The Kier molecular flexibility index (Phi) is 4.74. The fourth-order valence-electron chi connectivity index (χ4n) is 2.56. The number of hydrogen-bond acceptors (Lipinski definition) is 3. The summed E-state index contributed by atoms with van der Waals surface area (Å²) >= 11 is 0. The summed E-state index contributed by atoms with van der Waals surface area (Å²) in [5.74, 6) is -1.18. The maximum Gasteiger partial charge on any atom is 0.326 e. The van der Waals surface area contributed by atoms with Crippen molar-refractivity contribution in [1.82, 2.24) is 10.2 Å². The number of aliphatic carboxylic acids is 1. The Morgan fingerprint density at radius 3 is 2.65 bits per heavy atom. The molecule has 5 nitrogen and oxygen atoms in total. The lowest BCUT2D eigenvalue weighted by Crippen LogP contribution is -2.49. The van der Waals surface area contributed by atoms with Gasteiger partial charge in [-0.1, -0.05) is 30.3 Å². The molecule has 0 aliphatic carbocycles. The van der Waals surface area contributed by atoms with Crippen LogP contribution in [0.15, 0.2) is 30.3 Å². The molecule has 0 bridgehead atoms. The van der Waals surface area contributed by atoms with Gasteiger partial charge in [-0.05, 0) is 32.0 Å². The van der Waals surface area contributed by atoms with E-state index in [1.165, 1.54) is 0 Å². The maximum absolute atomic E-state index is 12.1. The Bertz CT molecular complexity index is 475. The first kappa shape index (κ1) is 14.5. The van der Waals surface area contributed by atoms with Crippen LogP contribution in [-0.4, -0.2) is 47.6 Å². The summed E-state index contributed by atoms with van der Waals surface area (Å²) < 4.78 is 0. The van der Waals surface area contributed by atoms with Gasteiger partial charge in [-0.2, -0.15) is 0 Å². The zero-order valence-electron chi connectivity index (χ0n) is 11.6. The third-order valence-electron chi connectivity index (χ3n) is 3.72. The number of likely N-dealkylation sites (N-methyl/N-ethyl adjacent to an activating group) is 1. The molecule has 2 atom stereocenters. The Labute approximate surface area is 118 Å². The Morgan fingerprint density at radius 1 is 1.40 bits per heavy atom. The fourth-order valence-corrected chi connectivity index (χ4v) is 2.56. The van der Waals surface area contributed by atoms with E-state index in [9.17, 15) is 14.7 Å². The standard InChI is InChI=1S/C15H20N2O3/c1-17-9-5-8-13(17)14(18)16-12(15(19)20)10-11-6-3-2-4-7-11/h2-4,6-7,12-13H,5,8-10H2,1H3,(H,16,18)(H,19,20)/t12-,13-/m0/s1. The SMILES string of the molecule is CN1CCC[C@H]1C(=O)N[C@@H](Cc1ccccc1)C(=O)O. The predicted molar refractivity (Wildman–Crippen MR) is 75.4 cm³/mol. The van der Waals surface area contributed by atoms with Crippen molar-refractivity contribution in [3.8, 4) is 0 Å². The first-order chi connectivity index (χ1) is 9.58. The summed E-state index contributed by atoms with van der Waals surface area (Å²) in [6, 6.07) is 8.26. The number of likely N-dealkylation sites (tertiary alicyclic amines) is 1. The van der Waals surface area contributed by atoms with E-state index in [2.05, 4.69) is 5.32 Å². The zero-order chi connectivity index (χ0) is 14.5. The minimum atomic E-state index is -0.997. The number of carbonyl (C=O) groups is 2. The van der Waals surface area contributed by atoms with Crippen LogP contribution in [0, 0.1) is 0 Å². The number of amides is 1. The van der Waals surface area contributed by atoms with Crippen molar-refractivity contribution in [2.24, 2.45) is 0 Å². The van der Waals surface area contributed by atoms with E-state index < -0.39 is 12.0 Å². The summed E-state index contributed by atoms with van der Waals surface area (Å²) in [6.07, 6.45) is 2.07. The van der Waals surface area contributed by atoms with Crippen molar-refractivity contribution in [2.45, 2.75) is 31.3 Å². The van der Waals surface area contributed by atoms with Gasteiger partial charge in [0.15, 0.2) is 0 Å². The normalized spacial score (nSPS) is 20.6. The lowest BCUT2D eigenvalue weighted by molar-refractivity contribution is -0.142. The first-order valence-electron chi connectivity index (χ1n) is 6.85. The highest BCUT2D eigenvalue weighted by Gasteiger charge is 2.30. The molecule has 5 heteroatoms. The van der Waals surface area contributed by atoms with Crippen molar-refractivity contribution in [3.63, 3.8) is 0 Å². The molecule has 1 aromatic carbocycles. The largest absolute Gasteiger partial charge is 0.480 e. The van der Waals surface area contributed by atoms with Crippen LogP contribution in [0.5, 0.6) is 0 Å². The molecule has 0 spiro atoms. The maximum atomic E-state index is 12.1. The molecule has 20 heavy (non-hydrogen) atoms. The monoisotopic (exact) mass is 276 g/mol. The van der Waals surface area contributed by atoms with Crippen molar-refractivity contribution in [3.05, 3.63) is 35.9 Å². The number of carbonyl (C=O) groups excluding carboxylic acids is 1. The minimum absolute atomic E-state index is 0.187. The smallest absolute Gasteiger partial charge is 0.326 e. The van der Waals surface area contributed by atoms with Crippen molar-refractivity contribution in [1.29, 1.82) is 0 Å². The molecule has 1 aromatic rings. The van der Waals surface area contributed by atoms with Gasteiger partial charge in [-0.3, -0.25) is 9.69 Å². The molecule has 1 fully saturated rings. The molecule has 2 rings (SSSR count). The second kappa shape index (κ2) is 6.52. The van der Waals surface area contributed by atoms with Crippen molar-refractivity contribution >= 4 is 11.9 Å². The van der Waals surface area contributed by atoms with E-state index in [0.717, 1.165) is 24.9 Å². The minimum Gasteiger partial charge on any atom is -0.480 e. The highest BCUT2D eigenvalue weighted by Crippen LogP contribution is 2.15. The molecule has 108 valence electrons. The molecular weight excluding hydrogens is 256 g/mol. The third-order valence-corrected chi connectivity index (χ3v) is 3.72. The van der Waals surface area contributed by atoms with Gasteiger partial charge in [0, 0.05) is 6.42 Å². The van der Waals surface area contributed by atoms with Crippen LogP contribution in [-0.2, 0) is 16.0 Å². The lowest BCUT2D eigenvalue weighted by Gasteiger charge is -2.21. The molecule has 0 unspecified atom stereocenters. The van der Waals surface area contributed by atoms with E-state index in [4.69, 9.17) is 0 Å². The molecule has 1 saturated heterocycles. The number of hydrogen-bond donors (Lipinski definition) is 2. The van der Waals surface area contributed by atoms with Crippen LogP contribution >= 0.6 is 0 Å². The van der Waals surface area contributed by atoms with Gasteiger partial charge in [0.2, 0.25) is 5.91 Å². The molecule has 0 aromatic heterocycles. The van der Waals surface area contributed by atoms with Gasteiger partial charge in [-0.15, -0.1) is 0 Å². The van der Waals surface area contributed by atoms with Gasteiger partial charge in [0.25, 0.3) is 0 Å². The number of nitrogens with one attached hydrogen (secondary N) is 1. The summed E-state index contributed by atoms with van der Waals surface area (Å²) in [4.78, 5) is 25.4. The Balaban J connectivity index is 1.99. The molecule has 0 radical (unpaired) electrons. The highest BCUT2D eigenvalue weighted by molar-refractivity contribution is 5.87. The summed E-state index contributed by atoms with van der Waals surface area (Å²) in [6.45, 7) is 0.883. The summed E-state index contributed by atoms with van der Waals surface area (Å²) in [5, 5.41) is 11.9. The second-order valence-electron chi connectivity index (χ2n) is 5.23. The number of rotatable bonds is 5. The van der Waals surface area contributed by atoms with Gasteiger partial charge in [-0.25, -0.2) is 4.79 Å². The first-order valence-corrected chi connectivity index (χ1v) is 6.85. The Morgan fingerprint density at radius 2 is 2.10 bits per heavy atom. The highest BCUT2D eigenvalue weighted by atomic mass is 16.4. The topological polar surface area (TPSA) is 69.6 Å². The number of carboxylic acids is 1. The average molecular weight is 276 g/mol. The van der Waals surface area contributed by atoms with E-state index >= 15 is 0 Å². The number of nitrogens with zero attached hydrogens (tertiary/aromatic N) is 1. The van der Waals surface area contributed by atoms with Gasteiger partial charge in [0.05, 0.1) is 6.04 Å². The van der Waals surface area contributed by atoms with E-state index in [1.54, 1.807) is 0 Å². The average Bonchev–Trinajstić information content (AvgIpc) is 2.85. The van der Waals surface area contributed by atoms with Crippen LogP contribution in [0.25, 0.3) is 0 Å². The number of benzene rings is 1. The molecule has 0 saturated carbocycles. The van der Waals surface area contributed by atoms with E-state index in [0.29, 0.717) is 6.42 Å². The third kappa shape index (κ3) is 3.57. The predicted octanol–water partition coefficient (Wildman–Crippen LogP) is 0.893. The molecule has 1 aliphatic rings. The summed E-state index contributed by atoms with van der Waals surface area (Å²) in [5.41, 5.74) is 0.903. The van der Waals surface area contributed by atoms with E-state index in [1.807, 2.05) is 42.3 Å². The van der Waals surface area contributed by atoms with Crippen molar-refractivity contribution < 1.29 is 14.7 Å². The van der Waals surface area contributed by atoms with Crippen molar-refractivity contribution in [2.75, 3.05) is 13.6 Å². The quantitative estimate of drug-likeness (QED) is 0.838. The van der Waals surface area contributed by atoms with E-state index in [-0.39, 0.29) is 11.9 Å². The molecule has 2 N–H and O–H groups in total. The fraction of sp³-hybridized carbons (Fsp3) is 0.467.